The highest BCUT2D eigenvalue weighted by Gasteiger charge is 2.07. The Labute approximate surface area is 173 Å². The molecule has 2 rings (SSSR count). The molecule has 1 N–H and O–H groups in total. The molecule has 0 aliphatic heterocycles. The third-order valence-corrected chi connectivity index (χ3v) is 3.69. The van der Waals surface area contributed by atoms with E-state index >= 15 is 0 Å². The summed E-state index contributed by atoms with van der Waals surface area (Å²) in [6.07, 6.45) is -3.26. The molecular formula is C22H30O4. The van der Waals surface area contributed by atoms with Crippen LogP contribution >= 0.6 is 0 Å². The fraction of sp³-hybridized carbons (Fsp3) is 0.455. The van der Waals surface area contributed by atoms with E-state index in [2.05, 4.69) is 0 Å². The van der Waals surface area contributed by atoms with Crippen LogP contribution in [0, 0.1) is 13.8 Å². The molecule has 142 valence electrons. The topological polar surface area (TPSA) is 47.9 Å². The zero-order valence-corrected chi connectivity index (χ0v) is 15.0. The fourth-order valence-electron chi connectivity index (χ4n) is 2.10. The first-order chi connectivity index (χ1) is 17.3. The Bertz CT molecular complexity index is 1170. The van der Waals surface area contributed by atoms with Crippen LogP contribution in [0.5, 0.6) is 17.2 Å². The maximum Gasteiger partial charge on any atom is 0.160 e. The molecule has 0 heterocycles. The van der Waals surface area contributed by atoms with E-state index in [1.807, 2.05) is 0 Å². The number of aliphatic hydroxyl groups is 1. The van der Waals surface area contributed by atoms with Crippen molar-refractivity contribution in [3.05, 3.63) is 52.9 Å². The number of hydrogen-bond acceptors (Lipinski definition) is 4. The van der Waals surface area contributed by atoms with Crippen LogP contribution in [-0.2, 0) is 6.42 Å². The highest BCUT2D eigenvalue weighted by atomic mass is 16.5. The van der Waals surface area contributed by atoms with E-state index < -0.39 is 55.7 Å². The van der Waals surface area contributed by atoms with E-state index in [1.54, 1.807) is 6.92 Å². The summed E-state index contributed by atoms with van der Waals surface area (Å²) in [4.78, 5) is 0. The van der Waals surface area contributed by atoms with Crippen LogP contribution in [-0.4, -0.2) is 31.9 Å². The lowest BCUT2D eigenvalue weighted by molar-refractivity contribution is 0.0976. The van der Waals surface area contributed by atoms with Crippen LogP contribution in [0.15, 0.2) is 36.3 Å². The van der Waals surface area contributed by atoms with E-state index in [9.17, 15) is 5.11 Å². The fourth-order valence-corrected chi connectivity index (χ4v) is 2.10. The average Bonchev–Trinajstić information content (AvgIpc) is 2.81. The third kappa shape index (κ3) is 5.95. The number of methoxy groups -OCH3 is 2. The minimum Gasteiger partial charge on any atom is -0.493 e. The van der Waals surface area contributed by atoms with Crippen molar-refractivity contribution in [2.24, 2.45) is 0 Å². The lowest BCUT2D eigenvalue weighted by atomic mass is 10.0. The van der Waals surface area contributed by atoms with Crippen molar-refractivity contribution in [3.63, 3.8) is 0 Å². The molecule has 1 atom stereocenters. The second-order valence-electron chi connectivity index (χ2n) is 5.63. The molecular weight excluding hydrogens is 328 g/mol. The smallest absolute Gasteiger partial charge is 0.160 e. The van der Waals surface area contributed by atoms with Gasteiger partial charge in [-0.1, -0.05) is 18.5 Å². The maximum absolute atomic E-state index is 10.6. The van der Waals surface area contributed by atoms with Crippen LogP contribution in [0.25, 0.3) is 0 Å². The van der Waals surface area contributed by atoms with Crippen molar-refractivity contribution in [2.45, 2.75) is 45.6 Å². The summed E-state index contributed by atoms with van der Waals surface area (Å²) >= 11 is 0. The zero-order chi connectivity index (χ0) is 29.4. The monoisotopic (exact) mass is 370 g/mol. The summed E-state index contributed by atoms with van der Waals surface area (Å²) in [6.45, 7) is -0.00702. The van der Waals surface area contributed by atoms with E-state index in [1.165, 1.54) is 6.92 Å². The number of rotatable bonds is 10. The molecule has 0 fully saturated rings. The van der Waals surface area contributed by atoms with Gasteiger partial charge in [0.05, 0.1) is 36.7 Å². The number of benzene rings is 2. The highest BCUT2D eigenvalue weighted by molar-refractivity contribution is 5.42. The van der Waals surface area contributed by atoms with Crippen LogP contribution in [0.1, 0.15) is 52.4 Å². The van der Waals surface area contributed by atoms with E-state index in [0.717, 1.165) is 7.11 Å². The summed E-state index contributed by atoms with van der Waals surface area (Å²) in [5, 5.41) is 10.6. The molecule has 4 heteroatoms. The van der Waals surface area contributed by atoms with Crippen molar-refractivity contribution < 1.29 is 35.8 Å². The first-order valence-corrected chi connectivity index (χ1v) is 8.11. The average molecular weight is 371 g/mol. The lowest BCUT2D eigenvalue weighted by Crippen LogP contribution is -2.17. The second kappa shape index (κ2) is 10.1. The third-order valence-electron chi connectivity index (χ3n) is 3.69. The van der Waals surface area contributed by atoms with Crippen molar-refractivity contribution in [2.75, 3.05) is 20.7 Å². The molecule has 0 radical (unpaired) electrons. The van der Waals surface area contributed by atoms with Gasteiger partial charge in [-0.15, -0.1) is 0 Å². The summed E-state index contributed by atoms with van der Waals surface area (Å²) in [5.74, 6) is -1.44. The first kappa shape index (κ1) is 9.14. The van der Waals surface area contributed by atoms with Gasteiger partial charge in [0.25, 0.3) is 0 Å². The molecule has 2 aromatic rings. The Morgan fingerprint density at radius 1 is 1.12 bits per heavy atom. The summed E-state index contributed by atoms with van der Waals surface area (Å²) in [5.41, 5.74) is 0.648. The minimum atomic E-state index is -3.07. The van der Waals surface area contributed by atoms with Gasteiger partial charge >= 0.3 is 0 Å². The molecule has 4 nitrogen and oxygen atoms in total. The van der Waals surface area contributed by atoms with Gasteiger partial charge in [0, 0.05) is 0 Å². The van der Waals surface area contributed by atoms with E-state index in [4.69, 9.17) is 30.7 Å². The SMILES string of the molecule is [2H]c1c([2H])c(OC([2H])([2H])C([2H])(O)CCCCc2c([2H])c([2H])c(OC)c(OC([2H])([2H])[2H])c2[2H])c([2H])c(C)c1C. The predicted molar refractivity (Wildman–Crippen MR) is 105 cm³/mol. The Kier molecular flexibility index (Phi) is 3.54. The standard InChI is InChI=1S/C22H30O4/c1-16-9-11-20(13-17(16)2)26-15-19(23)8-6-5-7-18-10-12-21(24-3)22(14-18)25-4/h9-14,19,23H,5-8,15H2,1-4H3/i4D3,9D,10D,11D,12D,13D,14D,15D2,19D. The van der Waals surface area contributed by atoms with Crippen molar-refractivity contribution in [1.82, 2.24) is 0 Å². The summed E-state index contributed by atoms with van der Waals surface area (Å²) in [6, 6.07) is -2.43. The zero-order valence-electron chi connectivity index (χ0n) is 27.0. The van der Waals surface area contributed by atoms with Crippen molar-refractivity contribution in [3.8, 4) is 17.2 Å². The Morgan fingerprint density at radius 2 is 1.96 bits per heavy atom. The van der Waals surface area contributed by atoms with Crippen LogP contribution < -0.4 is 14.2 Å². The lowest BCUT2D eigenvalue weighted by Gasteiger charge is -2.13. The van der Waals surface area contributed by atoms with Gasteiger partial charge in [0.15, 0.2) is 11.5 Å². The number of unbranched alkanes of at least 4 members (excludes halogenated alkanes) is 1. The quantitative estimate of drug-likeness (QED) is 0.627. The molecule has 0 amide bonds. The summed E-state index contributed by atoms with van der Waals surface area (Å²) in [7, 11) is -1.78. The predicted octanol–water partition coefficient (Wildman–Crippen LogP) is 4.47. The molecule has 1 unspecified atom stereocenters. The molecule has 0 aliphatic rings. The van der Waals surface area contributed by atoms with Crippen molar-refractivity contribution >= 4 is 0 Å². The van der Waals surface area contributed by atoms with Crippen LogP contribution in [0.2, 0.25) is 0 Å². The van der Waals surface area contributed by atoms with Gasteiger partial charge in [0.1, 0.15) is 12.3 Å². The van der Waals surface area contributed by atoms with E-state index in [-0.39, 0.29) is 48.7 Å². The molecule has 0 bridgehead atoms. The molecule has 0 saturated carbocycles. The number of hydrogen-bond donors (Lipinski definition) is 1. The Hall–Kier alpha value is -2.20. The molecule has 0 aliphatic carbocycles. The molecule has 26 heavy (non-hydrogen) atoms. The highest BCUT2D eigenvalue weighted by Crippen LogP contribution is 2.28. The van der Waals surface area contributed by atoms with Gasteiger partial charge in [0.2, 0.25) is 0 Å². The van der Waals surface area contributed by atoms with Gasteiger partial charge in [-0.05, 0) is 74.0 Å². The van der Waals surface area contributed by atoms with Gasteiger partial charge in [-0.2, -0.15) is 0 Å². The minimum absolute atomic E-state index is 0.00530. The second-order valence-corrected chi connectivity index (χ2v) is 5.63. The normalized spacial score (nSPS) is 20.8. The van der Waals surface area contributed by atoms with E-state index in [0.29, 0.717) is 11.1 Å². The van der Waals surface area contributed by atoms with Crippen LogP contribution in [0.4, 0.5) is 0 Å². The van der Waals surface area contributed by atoms with Crippen molar-refractivity contribution in [1.29, 1.82) is 0 Å². The molecule has 0 saturated heterocycles. The summed E-state index contributed by atoms with van der Waals surface area (Å²) < 4.78 is 110. The maximum atomic E-state index is 10.6. The van der Waals surface area contributed by atoms with Gasteiger partial charge in [-0.25, -0.2) is 0 Å². The molecule has 2 aromatic carbocycles. The Balaban J connectivity index is 2.21. The van der Waals surface area contributed by atoms with Gasteiger partial charge < -0.3 is 19.3 Å². The van der Waals surface area contributed by atoms with Gasteiger partial charge in [-0.3, -0.25) is 0 Å². The Morgan fingerprint density at radius 3 is 2.73 bits per heavy atom. The molecule has 0 spiro atoms. The first-order valence-electron chi connectivity index (χ1n) is 14.1. The molecule has 0 aromatic heterocycles. The van der Waals surface area contributed by atoms with Crippen LogP contribution in [0.3, 0.4) is 0 Å². The number of ether oxygens (including phenoxy) is 3. The largest absolute Gasteiger partial charge is 0.493 e.